The zero-order valence-electron chi connectivity index (χ0n) is 8.40. The van der Waals surface area contributed by atoms with Crippen LogP contribution >= 0.6 is 0 Å². The molecule has 5 nitrogen and oxygen atoms in total. The van der Waals surface area contributed by atoms with Gasteiger partial charge in [-0.05, 0) is 19.1 Å². The summed E-state index contributed by atoms with van der Waals surface area (Å²) in [4.78, 5) is 13.3. The monoisotopic (exact) mass is 206 g/mol. The molecule has 0 amide bonds. The van der Waals surface area contributed by atoms with Gasteiger partial charge in [-0.15, -0.1) is 0 Å². The van der Waals surface area contributed by atoms with E-state index in [9.17, 15) is 4.79 Å². The van der Waals surface area contributed by atoms with Gasteiger partial charge < -0.3 is 4.74 Å². The normalized spacial score (nSPS) is 10.3. The molecular formula is C10H10N2O3. The number of ether oxygens (including phenoxy) is 1. The highest BCUT2D eigenvalue weighted by molar-refractivity contribution is 5.64. The average Bonchev–Trinajstić information content (AvgIpc) is 2.65. The summed E-state index contributed by atoms with van der Waals surface area (Å²) in [7, 11) is 1.56. The number of nitrogens with zero attached hydrogens (tertiary/aromatic N) is 1. The van der Waals surface area contributed by atoms with E-state index in [4.69, 9.17) is 4.74 Å². The Morgan fingerprint density at radius 2 is 2.27 bits per heavy atom. The van der Waals surface area contributed by atoms with Crippen LogP contribution < -0.4 is 10.5 Å². The third kappa shape index (κ3) is 1.76. The van der Waals surface area contributed by atoms with Crippen molar-refractivity contribution in [3.8, 4) is 17.1 Å². The van der Waals surface area contributed by atoms with Gasteiger partial charge in [-0.25, -0.2) is 4.79 Å². The standard InChI is InChI=1S/C10H10N2O3/c1-6-3-4-8(14-2)7(5-6)9-11-10(13)15-12-9/h3-5H,1-2H3,(H,11,12,13). The fourth-order valence-corrected chi connectivity index (χ4v) is 1.35. The molecule has 15 heavy (non-hydrogen) atoms. The molecule has 0 atom stereocenters. The van der Waals surface area contributed by atoms with Crippen LogP contribution in [0, 0.1) is 6.92 Å². The molecule has 78 valence electrons. The van der Waals surface area contributed by atoms with Crippen LogP contribution in [0.2, 0.25) is 0 Å². The van der Waals surface area contributed by atoms with E-state index in [1.807, 2.05) is 25.1 Å². The smallest absolute Gasteiger partial charge is 0.439 e. The van der Waals surface area contributed by atoms with Crippen LogP contribution in [0.1, 0.15) is 5.56 Å². The second-order valence-corrected chi connectivity index (χ2v) is 3.15. The molecular weight excluding hydrogens is 196 g/mol. The van der Waals surface area contributed by atoms with E-state index in [1.54, 1.807) is 7.11 Å². The van der Waals surface area contributed by atoms with E-state index in [0.29, 0.717) is 17.1 Å². The Kier molecular flexibility index (Phi) is 2.29. The quantitative estimate of drug-likeness (QED) is 0.805. The highest BCUT2D eigenvalue weighted by atomic mass is 16.5. The predicted molar refractivity (Wildman–Crippen MR) is 53.8 cm³/mol. The Labute approximate surface area is 85.7 Å². The van der Waals surface area contributed by atoms with Gasteiger partial charge in [0.25, 0.3) is 0 Å². The lowest BCUT2D eigenvalue weighted by molar-refractivity contribution is 0.386. The lowest BCUT2D eigenvalue weighted by Crippen LogP contribution is -1.96. The maximum absolute atomic E-state index is 10.8. The fraction of sp³-hybridized carbons (Fsp3) is 0.200. The van der Waals surface area contributed by atoms with Gasteiger partial charge in [0.15, 0.2) is 5.82 Å². The summed E-state index contributed by atoms with van der Waals surface area (Å²) in [5.74, 6) is 0.444. The van der Waals surface area contributed by atoms with Crippen molar-refractivity contribution < 1.29 is 9.26 Å². The van der Waals surface area contributed by atoms with Crippen molar-refractivity contribution in [3.05, 3.63) is 34.3 Å². The summed E-state index contributed by atoms with van der Waals surface area (Å²) in [6, 6.07) is 5.60. The SMILES string of the molecule is COc1ccc(C)cc1-c1noc(=O)[nH]1. The maximum Gasteiger partial charge on any atom is 0.439 e. The maximum atomic E-state index is 10.8. The number of aryl methyl sites for hydroxylation is 1. The molecule has 1 aromatic carbocycles. The van der Waals surface area contributed by atoms with Crippen LogP contribution in [-0.4, -0.2) is 17.3 Å². The number of hydrogen-bond donors (Lipinski definition) is 1. The molecule has 0 aliphatic heterocycles. The number of benzene rings is 1. The predicted octanol–water partition coefficient (Wildman–Crippen LogP) is 1.35. The van der Waals surface area contributed by atoms with E-state index >= 15 is 0 Å². The highest BCUT2D eigenvalue weighted by Crippen LogP contribution is 2.27. The summed E-state index contributed by atoms with van der Waals surface area (Å²) < 4.78 is 9.60. The van der Waals surface area contributed by atoms with Crippen LogP contribution in [0.4, 0.5) is 0 Å². The molecule has 1 aromatic heterocycles. The summed E-state index contributed by atoms with van der Waals surface area (Å²) in [5, 5.41) is 3.61. The Morgan fingerprint density at radius 3 is 2.87 bits per heavy atom. The largest absolute Gasteiger partial charge is 0.496 e. The number of aromatic amines is 1. The Morgan fingerprint density at radius 1 is 1.47 bits per heavy atom. The van der Waals surface area contributed by atoms with E-state index in [0.717, 1.165) is 5.56 Å². The summed E-state index contributed by atoms with van der Waals surface area (Å²) >= 11 is 0. The van der Waals surface area contributed by atoms with Crippen molar-refractivity contribution in [1.82, 2.24) is 10.1 Å². The van der Waals surface area contributed by atoms with Crippen LogP contribution in [0.15, 0.2) is 27.5 Å². The first kappa shape index (κ1) is 9.51. The zero-order chi connectivity index (χ0) is 10.8. The van der Waals surface area contributed by atoms with Crippen LogP contribution in [-0.2, 0) is 0 Å². The van der Waals surface area contributed by atoms with Gasteiger partial charge >= 0.3 is 5.76 Å². The number of methoxy groups -OCH3 is 1. The number of H-pyrrole nitrogens is 1. The first-order chi connectivity index (χ1) is 7.20. The van der Waals surface area contributed by atoms with Crippen molar-refractivity contribution in [2.45, 2.75) is 6.92 Å². The van der Waals surface area contributed by atoms with E-state index < -0.39 is 5.76 Å². The van der Waals surface area contributed by atoms with E-state index in [1.165, 1.54) is 0 Å². The third-order valence-electron chi connectivity index (χ3n) is 2.05. The minimum atomic E-state index is -0.575. The van der Waals surface area contributed by atoms with Gasteiger partial charge in [0.1, 0.15) is 5.75 Å². The molecule has 0 spiro atoms. The molecule has 0 saturated carbocycles. The molecule has 0 radical (unpaired) electrons. The topological polar surface area (TPSA) is 68.1 Å². The third-order valence-corrected chi connectivity index (χ3v) is 2.05. The highest BCUT2D eigenvalue weighted by Gasteiger charge is 2.10. The molecule has 2 aromatic rings. The lowest BCUT2D eigenvalue weighted by Gasteiger charge is -2.05. The van der Waals surface area contributed by atoms with Crippen LogP contribution in [0.5, 0.6) is 5.75 Å². The molecule has 0 aliphatic carbocycles. The second kappa shape index (κ2) is 3.61. The van der Waals surface area contributed by atoms with Gasteiger partial charge in [0, 0.05) is 0 Å². The molecule has 0 fully saturated rings. The van der Waals surface area contributed by atoms with Crippen LogP contribution in [0.25, 0.3) is 11.4 Å². The summed E-state index contributed by atoms with van der Waals surface area (Å²) in [6.07, 6.45) is 0. The summed E-state index contributed by atoms with van der Waals surface area (Å²) in [6.45, 7) is 1.95. The van der Waals surface area contributed by atoms with Crippen molar-refractivity contribution in [1.29, 1.82) is 0 Å². The Hall–Kier alpha value is -2.04. The van der Waals surface area contributed by atoms with Crippen molar-refractivity contribution in [2.24, 2.45) is 0 Å². The van der Waals surface area contributed by atoms with Gasteiger partial charge in [0.2, 0.25) is 0 Å². The minimum absolute atomic E-state index is 0.376. The van der Waals surface area contributed by atoms with Gasteiger partial charge in [-0.1, -0.05) is 16.8 Å². The molecule has 5 heteroatoms. The Balaban J connectivity index is 2.59. The van der Waals surface area contributed by atoms with E-state index in [-0.39, 0.29) is 0 Å². The summed E-state index contributed by atoms with van der Waals surface area (Å²) in [5.41, 5.74) is 1.76. The van der Waals surface area contributed by atoms with Crippen molar-refractivity contribution >= 4 is 0 Å². The number of aromatic nitrogens is 2. The lowest BCUT2D eigenvalue weighted by atomic mass is 10.1. The van der Waals surface area contributed by atoms with Crippen molar-refractivity contribution in [2.75, 3.05) is 7.11 Å². The van der Waals surface area contributed by atoms with Crippen molar-refractivity contribution in [3.63, 3.8) is 0 Å². The number of rotatable bonds is 2. The number of nitrogens with one attached hydrogen (secondary N) is 1. The first-order valence-electron chi connectivity index (χ1n) is 4.41. The molecule has 0 aliphatic rings. The van der Waals surface area contributed by atoms with Crippen LogP contribution in [0.3, 0.4) is 0 Å². The zero-order valence-corrected chi connectivity index (χ0v) is 8.40. The average molecular weight is 206 g/mol. The van der Waals surface area contributed by atoms with Gasteiger partial charge in [-0.3, -0.25) is 9.51 Å². The van der Waals surface area contributed by atoms with E-state index in [2.05, 4.69) is 14.7 Å². The fourth-order valence-electron chi connectivity index (χ4n) is 1.35. The first-order valence-corrected chi connectivity index (χ1v) is 4.41. The molecule has 0 unspecified atom stereocenters. The minimum Gasteiger partial charge on any atom is -0.496 e. The Bertz CT molecular complexity index is 527. The molecule has 2 rings (SSSR count). The molecule has 1 heterocycles. The van der Waals surface area contributed by atoms with Gasteiger partial charge in [-0.2, -0.15) is 0 Å². The molecule has 0 saturated heterocycles. The molecule has 1 N–H and O–H groups in total. The molecule has 0 bridgehead atoms. The second-order valence-electron chi connectivity index (χ2n) is 3.15. The number of hydrogen-bond acceptors (Lipinski definition) is 4. The van der Waals surface area contributed by atoms with Gasteiger partial charge in [0.05, 0.1) is 12.7 Å².